The van der Waals surface area contributed by atoms with Gasteiger partial charge < -0.3 is 5.32 Å². The van der Waals surface area contributed by atoms with Gasteiger partial charge in [0.1, 0.15) is 11.6 Å². The highest BCUT2D eigenvalue weighted by Gasteiger charge is 2.16. The van der Waals surface area contributed by atoms with Crippen LogP contribution in [0.25, 0.3) is 0 Å². The van der Waals surface area contributed by atoms with Crippen LogP contribution in [-0.4, -0.2) is 10.8 Å². The molecule has 0 bridgehead atoms. The molecular weight excluding hydrogens is 294 g/mol. The first-order chi connectivity index (χ1) is 10.4. The largest absolute Gasteiger partial charge is 0.345 e. The molecule has 7 heteroatoms. The lowest BCUT2D eigenvalue weighted by atomic mass is 10.1. The van der Waals surface area contributed by atoms with E-state index in [1.54, 1.807) is 6.92 Å². The second-order valence-corrected chi connectivity index (χ2v) is 4.66. The average molecular weight is 306 g/mol. The summed E-state index contributed by atoms with van der Waals surface area (Å²) >= 11 is 0. The maximum absolute atomic E-state index is 13.6. The molecule has 2 aromatic rings. The number of nitrogens with zero attached hydrogens (tertiary/aromatic N) is 1. The quantitative estimate of drug-likeness (QED) is 0.695. The van der Waals surface area contributed by atoms with Gasteiger partial charge in [0.15, 0.2) is 0 Å². The molecule has 0 radical (unpaired) electrons. The molecule has 0 saturated heterocycles. The predicted molar refractivity (Wildman–Crippen MR) is 75.3 cm³/mol. The zero-order chi connectivity index (χ0) is 16.3. The Morgan fingerprint density at radius 2 is 1.82 bits per heavy atom. The molecule has 2 rings (SSSR count). The summed E-state index contributed by atoms with van der Waals surface area (Å²) in [6.45, 7) is 1.56. The van der Waals surface area contributed by atoms with Gasteiger partial charge in [-0.15, -0.1) is 0 Å². The molecule has 2 aromatic carbocycles. The van der Waals surface area contributed by atoms with Crippen LogP contribution in [0.1, 0.15) is 28.9 Å². The number of hydrogen-bond acceptors (Lipinski definition) is 3. The molecule has 1 N–H and O–H groups in total. The van der Waals surface area contributed by atoms with Crippen LogP contribution < -0.4 is 5.32 Å². The lowest BCUT2D eigenvalue weighted by Gasteiger charge is -2.15. The minimum Gasteiger partial charge on any atom is -0.345 e. The molecule has 1 atom stereocenters. The molecule has 1 unspecified atom stereocenters. The van der Waals surface area contributed by atoms with Crippen molar-refractivity contribution in [2.45, 2.75) is 13.0 Å². The second kappa shape index (κ2) is 6.30. The van der Waals surface area contributed by atoms with Gasteiger partial charge in [0.25, 0.3) is 11.6 Å². The highest BCUT2D eigenvalue weighted by atomic mass is 19.1. The number of rotatable bonds is 4. The standard InChI is InChI=1S/C15H12F2N2O3/c1-9(13-7-4-11(16)8-14(13)17)18-15(20)10-2-5-12(6-3-10)19(21)22/h2-9H,1H3,(H,18,20). The van der Waals surface area contributed by atoms with E-state index in [0.29, 0.717) is 0 Å². The fraction of sp³-hybridized carbons (Fsp3) is 0.133. The number of amides is 1. The summed E-state index contributed by atoms with van der Waals surface area (Å²) in [5.74, 6) is -1.96. The molecule has 0 aliphatic heterocycles. The Labute approximate surface area is 124 Å². The van der Waals surface area contributed by atoms with Crippen molar-refractivity contribution in [2.24, 2.45) is 0 Å². The Bertz CT molecular complexity index is 717. The predicted octanol–water partition coefficient (Wildman–Crippen LogP) is 3.36. The third kappa shape index (κ3) is 3.43. The van der Waals surface area contributed by atoms with E-state index in [1.165, 1.54) is 30.3 Å². The fourth-order valence-electron chi connectivity index (χ4n) is 1.94. The number of nitro benzene ring substituents is 1. The monoisotopic (exact) mass is 306 g/mol. The smallest absolute Gasteiger partial charge is 0.269 e. The van der Waals surface area contributed by atoms with E-state index in [2.05, 4.69) is 5.32 Å². The summed E-state index contributed by atoms with van der Waals surface area (Å²) in [6, 6.07) is 7.45. The molecule has 0 aromatic heterocycles. The maximum Gasteiger partial charge on any atom is 0.269 e. The van der Waals surface area contributed by atoms with Gasteiger partial charge >= 0.3 is 0 Å². The van der Waals surface area contributed by atoms with Crippen molar-refractivity contribution in [2.75, 3.05) is 0 Å². The van der Waals surface area contributed by atoms with Crippen LogP contribution in [0.5, 0.6) is 0 Å². The van der Waals surface area contributed by atoms with Gasteiger partial charge in [-0.05, 0) is 25.1 Å². The third-order valence-corrected chi connectivity index (χ3v) is 3.12. The number of nitro groups is 1. The van der Waals surface area contributed by atoms with Crippen LogP contribution in [-0.2, 0) is 0 Å². The topological polar surface area (TPSA) is 72.2 Å². The molecule has 0 aliphatic rings. The summed E-state index contributed by atoms with van der Waals surface area (Å²) in [6.07, 6.45) is 0. The molecular formula is C15H12F2N2O3. The Hall–Kier alpha value is -2.83. The number of carbonyl (C=O) groups is 1. The molecule has 0 aliphatic carbocycles. The van der Waals surface area contributed by atoms with Gasteiger partial charge in [0, 0.05) is 29.3 Å². The van der Waals surface area contributed by atoms with E-state index in [9.17, 15) is 23.7 Å². The highest BCUT2D eigenvalue weighted by molar-refractivity contribution is 5.94. The normalized spacial score (nSPS) is 11.8. The van der Waals surface area contributed by atoms with E-state index < -0.39 is 28.5 Å². The number of carbonyl (C=O) groups excluding carboxylic acids is 1. The van der Waals surface area contributed by atoms with E-state index >= 15 is 0 Å². The molecule has 0 spiro atoms. The molecule has 114 valence electrons. The van der Waals surface area contributed by atoms with Crippen molar-refractivity contribution in [3.05, 3.63) is 75.3 Å². The lowest BCUT2D eigenvalue weighted by Crippen LogP contribution is -2.27. The Morgan fingerprint density at radius 1 is 1.18 bits per heavy atom. The summed E-state index contributed by atoms with van der Waals surface area (Å²) in [5, 5.41) is 13.1. The van der Waals surface area contributed by atoms with Crippen molar-refractivity contribution in [1.82, 2.24) is 5.32 Å². The van der Waals surface area contributed by atoms with Crippen LogP contribution in [0.2, 0.25) is 0 Å². The van der Waals surface area contributed by atoms with Crippen LogP contribution >= 0.6 is 0 Å². The number of benzene rings is 2. The first-order valence-electron chi connectivity index (χ1n) is 6.38. The van der Waals surface area contributed by atoms with E-state index in [-0.39, 0.29) is 16.8 Å². The zero-order valence-corrected chi connectivity index (χ0v) is 11.5. The van der Waals surface area contributed by atoms with Crippen molar-refractivity contribution >= 4 is 11.6 Å². The van der Waals surface area contributed by atoms with Gasteiger partial charge in [-0.2, -0.15) is 0 Å². The molecule has 0 fully saturated rings. The minimum atomic E-state index is -0.753. The zero-order valence-electron chi connectivity index (χ0n) is 11.5. The summed E-state index contributed by atoms with van der Waals surface area (Å²) in [5.41, 5.74) is 0.228. The van der Waals surface area contributed by atoms with Gasteiger partial charge in [-0.25, -0.2) is 8.78 Å². The van der Waals surface area contributed by atoms with E-state index in [4.69, 9.17) is 0 Å². The van der Waals surface area contributed by atoms with Crippen LogP contribution in [0.15, 0.2) is 42.5 Å². The highest BCUT2D eigenvalue weighted by Crippen LogP contribution is 2.19. The van der Waals surface area contributed by atoms with E-state index in [1.807, 2.05) is 0 Å². The third-order valence-electron chi connectivity index (χ3n) is 3.12. The second-order valence-electron chi connectivity index (χ2n) is 4.66. The van der Waals surface area contributed by atoms with Crippen molar-refractivity contribution < 1.29 is 18.5 Å². The Balaban J connectivity index is 2.12. The SMILES string of the molecule is CC(NC(=O)c1ccc([N+](=O)[O-])cc1)c1ccc(F)cc1F. The molecule has 22 heavy (non-hydrogen) atoms. The number of halogens is 2. The van der Waals surface area contributed by atoms with Crippen LogP contribution in [0, 0.1) is 21.7 Å². The maximum atomic E-state index is 13.6. The number of nitrogens with one attached hydrogen (secondary N) is 1. The summed E-state index contributed by atoms with van der Waals surface area (Å²) in [4.78, 5) is 22.0. The first-order valence-corrected chi connectivity index (χ1v) is 6.38. The molecule has 0 heterocycles. The number of hydrogen-bond donors (Lipinski definition) is 1. The van der Waals surface area contributed by atoms with Gasteiger partial charge in [0.05, 0.1) is 11.0 Å². The first kappa shape index (κ1) is 15.6. The Morgan fingerprint density at radius 3 is 2.36 bits per heavy atom. The molecule has 1 amide bonds. The Kier molecular flexibility index (Phi) is 4.45. The van der Waals surface area contributed by atoms with Crippen molar-refractivity contribution in [3.8, 4) is 0 Å². The van der Waals surface area contributed by atoms with E-state index in [0.717, 1.165) is 12.1 Å². The average Bonchev–Trinajstić information content (AvgIpc) is 2.47. The number of non-ortho nitro benzene ring substituents is 1. The van der Waals surface area contributed by atoms with Gasteiger partial charge in [0.2, 0.25) is 0 Å². The summed E-state index contributed by atoms with van der Waals surface area (Å²) in [7, 11) is 0. The molecule has 0 saturated carbocycles. The minimum absolute atomic E-state index is 0.130. The van der Waals surface area contributed by atoms with Crippen molar-refractivity contribution in [1.29, 1.82) is 0 Å². The van der Waals surface area contributed by atoms with Crippen LogP contribution in [0.4, 0.5) is 14.5 Å². The lowest BCUT2D eigenvalue weighted by molar-refractivity contribution is -0.384. The van der Waals surface area contributed by atoms with Crippen molar-refractivity contribution in [3.63, 3.8) is 0 Å². The van der Waals surface area contributed by atoms with Gasteiger partial charge in [-0.1, -0.05) is 6.07 Å². The molecule has 5 nitrogen and oxygen atoms in total. The summed E-state index contributed by atoms with van der Waals surface area (Å²) < 4.78 is 26.5. The van der Waals surface area contributed by atoms with Gasteiger partial charge in [-0.3, -0.25) is 14.9 Å². The van der Waals surface area contributed by atoms with Crippen LogP contribution in [0.3, 0.4) is 0 Å². The fourth-order valence-corrected chi connectivity index (χ4v) is 1.94.